The molecule has 0 aliphatic carbocycles. The Kier molecular flexibility index (Phi) is 5.83. The summed E-state index contributed by atoms with van der Waals surface area (Å²) >= 11 is 0.944. The largest absolute Gasteiger partial charge is 0.370 e. The van der Waals surface area contributed by atoms with Crippen molar-refractivity contribution in [3.63, 3.8) is 0 Å². The van der Waals surface area contributed by atoms with Crippen LogP contribution in [0.2, 0.25) is 0 Å². The molecule has 0 heterocycles. The molecule has 0 bridgehead atoms. The van der Waals surface area contributed by atoms with Gasteiger partial charge in [0.25, 0.3) is 11.1 Å². The fourth-order valence-corrected chi connectivity index (χ4v) is 1.64. The average Bonchev–Trinajstić information content (AvgIpc) is 2.36. The highest BCUT2D eigenvalue weighted by molar-refractivity contribution is 8.12. The Morgan fingerprint density at radius 2 is 2.11 bits per heavy atom. The van der Waals surface area contributed by atoms with Crippen molar-refractivity contribution >= 4 is 34.7 Å². The molecule has 2 amide bonds. The highest BCUT2D eigenvalue weighted by Gasteiger charge is 2.07. The molecule has 0 fully saturated rings. The molecule has 0 aliphatic heterocycles. The highest BCUT2D eigenvalue weighted by Crippen LogP contribution is 2.13. The summed E-state index contributed by atoms with van der Waals surface area (Å²) in [5.74, 6) is -0.863. The summed E-state index contributed by atoms with van der Waals surface area (Å²) < 4.78 is 2.81. The number of anilines is 1. The zero-order chi connectivity index (χ0) is 14.3. The lowest BCUT2D eigenvalue weighted by atomic mass is 10.2. The molecule has 1 rings (SSSR count). The second kappa shape index (κ2) is 7.39. The Bertz CT molecular complexity index is 500. The van der Waals surface area contributed by atoms with E-state index in [1.807, 2.05) is 6.92 Å². The predicted octanol–water partition coefficient (Wildman–Crippen LogP) is 0.890. The zero-order valence-corrected chi connectivity index (χ0v) is 11.2. The van der Waals surface area contributed by atoms with Gasteiger partial charge >= 0.3 is 0 Å². The number of nitrogens with one attached hydrogen (secondary N) is 2. The van der Waals surface area contributed by atoms with Crippen LogP contribution in [0.15, 0.2) is 29.3 Å². The number of carbonyl (C=O) groups excluding carboxylic acids is 2. The maximum absolute atomic E-state index is 11.6. The molecule has 102 valence electrons. The summed E-state index contributed by atoms with van der Waals surface area (Å²) in [7, 11) is 0. The van der Waals surface area contributed by atoms with Gasteiger partial charge in [-0.2, -0.15) is 4.99 Å². The van der Waals surface area contributed by atoms with Gasteiger partial charge in [0.1, 0.15) is 0 Å². The lowest BCUT2D eigenvalue weighted by Crippen LogP contribution is -2.24. The molecule has 0 saturated heterocycles. The Balaban J connectivity index is 2.75. The topological polar surface area (TPSA) is 123 Å². The van der Waals surface area contributed by atoms with Crippen LogP contribution in [0, 0.1) is 0 Å². The minimum atomic E-state index is -0.560. The van der Waals surface area contributed by atoms with Gasteiger partial charge in [0.2, 0.25) is 0 Å². The SMILES string of the molecule is CCNSC(=O)Nc1cccc(C(=O)N=C(N)N)c1. The number of hydrogen-bond acceptors (Lipinski definition) is 4. The first-order chi connectivity index (χ1) is 9.02. The van der Waals surface area contributed by atoms with Gasteiger partial charge in [-0.25, -0.2) is 0 Å². The Hall–Kier alpha value is -2.06. The van der Waals surface area contributed by atoms with Crippen LogP contribution >= 0.6 is 11.9 Å². The molecule has 0 radical (unpaired) electrons. The molecule has 1 aromatic carbocycles. The summed E-state index contributed by atoms with van der Waals surface area (Å²) in [6.07, 6.45) is 0. The van der Waals surface area contributed by atoms with E-state index < -0.39 is 5.91 Å². The van der Waals surface area contributed by atoms with Gasteiger partial charge in [-0.3, -0.25) is 14.3 Å². The Morgan fingerprint density at radius 3 is 2.74 bits per heavy atom. The third-order valence-electron chi connectivity index (χ3n) is 1.90. The van der Waals surface area contributed by atoms with Crippen LogP contribution in [0.1, 0.15) is 17.3 Å². The predicted molar refractivity (Wildman–Crippen MR) is 76.9 cm³/mol. The van der Waals surface area contributed by atoms with Crippen molar-refractivity contribution in [1.29, 1.82) is 0 Å². The van der Waals surface area contributed by atoms with Crippen LogP contribution in [-0.2, 0) is 0 Å². The van der Waals surface area contributed by atoms with Gasteiger partial charge in [-0.1, -0.05) is 13.0 Å². The molecule has 0 saturated carbocycles. The minimum Gasteiger partial charge on any atom is -0.370 e. The van der Waals surface area contributed by atoms with E-state index >= 15 is 0 Å². The van der Waals surface area contributed by atoms with Crippen LogP contribution in [0.25, 0.3) is 0 Å². The highest BCUT2D eigenvalue weighted by atomic mass is 32.2. The van der Waals surface area contributed by atoms with E-state index in [1.54, 1.807) is 18.2 Å². The summed E-state index contributed by atoms with van der Waals surface area (Å²) in [6.45, 7) is 2.55. The fraction of sp³-hybridized carbons (Fsp3) is 0.182. The molecule has 0 aromatic heterocycles. The van der Waals surface area contributed by atoms with Gasteiger partial charge in [0.05, 0.1) is 0 Å². The van der Waals surface area contributed by atoms with Crippen molar-refractivity contribution in [2.75, 3.05) is 11.9 Å². The third-order valence-corrected chi connectivity index (χ3v) is 2.62. The minimum absolute atomic E-state index is 0.270. The Morgan fingerprint density at radius 1 is 1.37 bits per heavy atom. The van der Waals surface area contributed by atoms with Crippen molar-refractivity contribution < 1.29 is 9.59 Å². The van der Waals surface area contributed by atoms with Crippen molar-refractivity contribution in [2.24, 2.45) is 16.5 Å². The number of amides is 2. The van der Waals surface area contributed by atoms with E-state index in [1.165, 1.54) is 6.07 Å². The van der Waals surface area contributed by atoms with Gasteiger partial charge in [-0.05, 0) is 18.2 Å². The molecule has 0 aliphatic rings. The number of benzene rings is 1. The van der Waals surface area contributed by atoms with Crippen molar-refractivity contribution in [1.82, 2.24) is 4.72 Å². The van der Waals surface area contributed by atoms with E-state index in [-0.39, 0.29) is 11.2 Å². The summed E-state index contributed by atoms with van der Waals surface area (Å²) in [5, 5.41) is 2.35. The van der Waals surface area contributed by atoms with Crippen molar-refractivity contribution in [2.45, 2.75) is 6.92 Å². The second-order valence-electron chi connectivity index (χ2n) is 3.44. The fourth-order valence-electron chi connectivity index (χ4n) is 1.19. The molecule has 1 aromatic rings. The average molecular weight is 281 g/mol. The number of aliphatic imine (C=N–C) groups is 1. The van der Waals surface area contributed by atoms with E-state index in [9.17, 15) is 9.59 Å². The molecular formula is C11H15N5O2S. The second-order valence-corrected chi connectivity index (χ2v) is 4.30. The van der Waals surface area contributed by atoms with E-state index in [0.29, 0.717) is 17.8 Å². The summed E-state index contributed by atoms with van der Waals surface area (Å²) in [5.41, 5.74) is 11.0. The van der Waals surface area contributed by atoms with E-state index in [4.69, 9.17) is 11.5 Å². The maximum atomic E-state index is 11.6. The lowest BCUT2D eigenvalue weighted by Gasteiger charge is -2.05. The van der Waals surface area contributed by atoms with Gasteiger partial charge in [-0.15, -0.1) is 0 Å². The van der Waals surface area contributed by atoms with Gasteiger partial charge in [0.15, 0.2) is 5.96 Å². The number of guanidine groups is 1. The molecule has 6 N–H and O–H groups in total. The van der Waals surface area contributed by atoms with Crippen molar-refractivity contribution in [3.8, 4) is 0 Å². The van der Waals surface area contributed by atoms with Crippen LogP contribution < -0.4 is 21.5 Å². The molecule has 0 unspecified atom stereocenters. The summed E-state index contributed by atoms with van der Waals surface area (Å²) in [6, 6.07) is 6.35. The normalized spacial score (nSPS) is 9.74. The molecule has 0 atom stereocenters. The number of hydrogen-bond donors (Lipinski definition) is 4. The van der Waals surface area contributed by atoms with Crippen molar-refractivity contribution in [3.05, 3.63) is 29.8 Å². The molecular weight excluding hydrogens is 266 g/mol. The zero-order valence-electron chi connectivity index (χ0n) is 10.3. The third kappa shape index (κ3) is 5.40. The maximum Gasteiger partial charge on any atom is 0.298 e. The van der Waals surface area contributed by atoms with Crippen LogP contribution in [-0.4, -0.2) is 23.7 Å². The van der Waals surface area contributed by atoms with E-state index in [0.717, 1.165) is 11.9 Å². The lowest BCUT2D eigenvalue weighted by molar-refractivity contribution is 0.100. The molecule has 0 spiro atoms. The van der Waals surface area contributed by atoms with Crippen LogP contribution in [0.3, 0.4) is 0 Å². The smallest absolute Gasteiger partial charge is 0.298 e. The molecule has 19 heavy (non-hydrogen) atoms. The first kappa shape index (κ1) is 15.0. The van der Waals surface area contributed by atoms with Crippen LogP contribution in [0.4, 0.5) is 10.5 Å². The Labute approximate surface area is 115 Å². The van der Waals surface area contributed by atoms with Gasteiger partial charge in [0, 0.05) is 29.7 Å². The standard InChI is InChI=1S/C11H15N5O2S/c1-2-14-19-11(18)15-8-5-3-4-7(6-8)9(17)16-10(12)13/h3-6,14H,2H2,1H3,(H,15,18)(H4,12,13,16,17). The monoisotopic (exact) mass is 281 g/mol. The number of carbonyl (C=O) groups is 2. The quantitative estimate of drug-likeness (QED) is 0.369. The molecule has 8 heteroatoms. The number of rotatable bonds is 4. The first-order valence-electron chi connectivity index (χ1n) is 5.47. The first-order valence-corrected chi connectivity index (χ1v) is 6.29. The number of nitrogens with two attached hydrogens (primary N) is 2. The van der Waals surface area contributed by atoms with E-state index in [2.05, 4.69) is 15.0 Å². The number of nitrogens with zero attached hydrogens (tertiary/aromatic N) is 1. The van der Waals surface area contributed by atoms with Gasteiger partial charge < -0.3 is 16.8 Å². The van der Waals surface area contributed by atoms with Crippen LogP contribution in [0.5, 0.6) is 0 Å². The molecule has 7 nitrogen and oxygen atoms in total. The summed E-state index contributed by atoms with van der Waals surface area (Å²) in [4.78, 5) is 26.5.